The van der Waals surface area contributed by atoms with Crippen molar-refractivity contribution in [3.8, 4) is 11.1 Å². The largest absolute Gasteiger partial charge is 0.462 e. The van der Waals surface area contributed by atoms with Gasteiger partial charge in [0.1, 0.15) is 11.5 Å². The van der Waals surface area contributed by atoms with Gasteiger partial charge in [-0.05, 0) is 31.5 Å². The maximum Gasteiger partial charge on any atom is 0.340 e. The van der Waals surface area contributed by atoms with Crippen LogP contribution in [0.5, 0.6) is 0 Å². The number of benzene rings is 1. The molecule has 0 fully saturated rings. The van der Waals surface area contributed by atoms with E-state index in [1.165, 1.54) is 38.5 Å². The predicted octanol–water partition coefficient (Wildman–Crippen LogP) is 2.22. The molecule has 1 heterocycles. The monoisotopic (exact) mass is 406 g/mol. The number of nitrogens with one attached hydrogen (secondary N) is 2. The number of ether oxygens (including phenoxy) is 3. The number of rotatable bonds is 9. The van der Waals surface area contributed by atoms with Gasteiger partial charge in [0.15, 0.2) is 6.29 Å². The molecule has 29 heavy (non-hydrogen) atoms. The minimum absolute atomic E-state index is 0.0477. The summed E-state index contributed by atoms with van der Waals surface area (Å²) in [6, 6.07) is 5.23. The van der Waals surface area contributed by atoms with Gasteiger partial charge in [-0.15, -0.1) is 0 Å². The highest BCUT2D eigenvalue weighted by atomic mass is 19.1. The van der Waals surface area contributed by atoms with Crippen LogP contribution in [0.3, 0.4) is 0 Å². The number of aromatic nitrogens is 1. The minimum Gasteiger partial charge on any atom is -0.462 e. The van der Waals surface area contributed by atoms with Crippen LogP contribution in [0, 0.1) is 12.7 Å². The summed E-state index contributed by atoms with van der Waals surface area (Å²) in [5, 5.41) is 2.42. The normalized spacial score (nSPS) is 10.8. The van der Waals surface area contributed by atoms with Crippen LogP contribution in [0.4, 0.5) is 4.39 Å². The number of carbonyl (C=O) groups is 3. The smallest absolute Gasteiger partial charge is 0.340 e. The van der Waals surface area contributed by atoms with Gasteiger partial charge in [0.2, 0.25) is 0 Å². The first-order valence-corrected chi connectivity index (χ1v) is 8.87. The van der Waals surface area contributed by atoms with Crippen LogP contribution in [0.15, 0.2) is 24.3 Å². The van der Waals surface area contributed by atoms with Crippen molar-refractivity contribution in [3.63, 3.8) is 0 Å². The van der Waals surface area contributed by atoms with E-state index in [-0.39, 0.29) is 30.0 Å². The molecule has 8 nitrogen and oxygen atoms in total. The summed E-state index contributed by atoms with van der Waals surface area (Å²) in [4.78, 5) is 40.4. The molecule has 0 aliphatic carbocycles. The maximum atomic E-state index is 13.4. The molecule has 1 aromatic heterocycles. The van der Waals surface area contributed by atoms with Crippen LogP contribution in [0.2, 0.25) is 0 Å². The first-order valence-electron chi connectivity index (χ1n) is 8.87. The quantitative estimate of drug-likeness (QED) is 0.286. The first kappa shape index (κ1) is 22.3. The fraction of sp³-hybridized carbons (Fsp3) is 0.350. The second kappa shape index (κ2) is 9.94. The minimum atomic E-state index is -0.913. The molecule has 2 N–H and O–H groups in total. The summed E-state index contributed by atoms with van der Waals surface area (Å²) in [7, 11) is 2.80. The molecular formula is C20H23FN2O6. The number of carbonyl (C=O) groups excluding carboxylic acids is 3. The Bertz CT molecular complexity index is 887. The molecule has 1 aromatic carbocycles. The van der Waals surface area contributed by atoms with E-state index in [0.717, 1.165) is 0 Å². The van der Waals surface area contributed by atoms with Crippen molar-refractivity contribution >= 4 is 17.7 Å². The van der Waals surface area contributed by atoms with Gasteiger partial charge in [-0.3, -0.25) is 9.59 Å². The summed E-state index contributed by atoms with van der Waals surface area (Å²) < 4.78 is 28.4. The Labute approximate surface area is 167 Å². The van der Waals surface area contributed by atoms with E-state index in [9.17, 15) is 18.8 Å². The molecule has 1 amide bonds. The van der Waals surface area contributed by atoms with Crippen LogP contribution in [0.25, 0.3) is 11.1 Å². The van der Waals surface area contributed by atoms with Gasteiger partial charge in [0.05, 0.1) is 18.7 Å². The highest BCUT2D eigenvalue weighted by Gasteiger charge is 2.30. The summed E-state index contributed by atoms with van der Waals surface area (Å²) >= 11 is 0. The number of methoxy groups -OCH3 is 2. The van der Waals surface area contributed by atoms with E-state index < -0.39 is 29.8 Å². The number of Topliss-reactive ketones (excluding diaryl/α,β-unsaturated/α-hetero) is 1. The molecule has 0 aliphatic heterocycles. The molecule has 0 spiro atoms. The Morgan fingerprint density at radius 3 is 2.31 bits per heavy atom. The van der Waals surface area contributed by atoms with Crippen molar-refractivity contribution in [2.24, 2.45) is 0 Å². The highest BCUT2D eigenvalue weighted by Crippen LogP contribution is 2.31. The zero-order valence-corrected chi connectivity index (χ0v) is 16.6. The topological polar surface area (TPSA) is 107 Å². The average Bonchev–Trinajstić information content (AvgIpc) is 3.05. The Morgan fingerprint density at radius 2 is 1.76 bits per heavy atom. The van der Waals surface area contributed by atoms with Gasteiger partial charge in [0.25, 0.3) is 11.7 Å². The van der Waals surface area contributed by atoms with Crippen LogP contribution in [0.1, 0.15) is 33.5 Å². The van der Waals surface area contributed by atoms with E-state index in [1.807, 2.05) is 0 Å². The van der Waals surface area contributed by atoms with Crippen LogP contribution in [-0.2, 0) is 19.0 Å². The third-order valence-corrected chi connectivity index (χ3v) is 4.19. The lowest BCUT2D eigenvalue weighted by Crippen LogP contribution is -2.38. The molecule has 0 unspecified atom stereocenters. The third-order valence-electron chi connectivity index (χ3n) is 4.19. The Morgan fingerprint density at radius 1 is 1.14 bits per heavy atom. The third kappa shape index (κ3) is 5.07. The van der Waals surface area contributed by atoms with E-state index in [2.05, 4.69) is 10.3 Å². The first-order chi connectivity index (χ1) is 13.8. The van der Waals surface area contributed by atoms with E-state index in [1.54, 1.807) is 13.8 Å². The predicted molar refractivity (Wildman–Crippen MR) is 102 cm³/mol. The standard InChI is InChI=1S/C20H23FN2O6/c1-5-29-20(26)15-11(2)23-17(16(15)12-6-8-13(21)9-7-12)18(24)19(25)22-10-14(27-3)28-4/h6-9,14,23H,5,10H2,1-4H3,(H,22,25). The summed E-state index contributed by atoms with van der Waals surface area (Å²) in [6.45, 7) is 3.32. The number of halogens is 1. The number of aromatic amines is 1. The molecule has 0 radical (unpaired) electrons. The number of aryl methyl sites for hydroxylation is 1. The lowest BCUT2D eigenvalue weighted by molar-refractivity contribution is -0.123. The Hall–Kier alpha value is -3.04. The molecule has 0 atom stereocenters. The summed E-state index contributed by atoms with van der Waals surface area (Å²) in [5.41, 5.74) is 0.936. The van der Waals surface area contributed by atoms with Crippen molar-refractivity contribution in [2.45, 2.75) is 20.1 Å². The van der Waals surface area contributed by atoms with Gasteiger partial charge in [-0.2, -0.15) is 0 Å². The number of ketones is 1. The number of amides is 1. The van der Waals surface area contributed by atoms with Crippen molar-refractivity contribution in [2.75, 3.05) is 27.4 Å². The zero-order chi connectivity index (χ0) is 21.6. The van der Waals surface area contributed by atoms with Gasteiger partial charge in [-0.1, -0.05) is 12.1 Å². The van der Waals surface area contributed by atoms with Gasteiger partial charge < -0.3 is 24.5 Å². The van der Waals surface area contributed by atoms with E-state index in [4.69, 9.17) is 14.2 Å². The van der Waals surface area contributed by atoms with E-state index in [0.29, 0.717) is 11.3 Å². The number of H-pyrrole nitrogens is 1. The fourth-order valence-electron chi connectivity index (χ4n) is 2.79. The van der Waals surface area contributed by atoms with Gasteiger partial charge in [-0.25, -0.2) is 9.18 Å². The summed E-state index contributed by atoms with van der Waals surface area (Å²) in [5.74, 6) is -2.94. The number of esters is 1. The lowest BCUT2D eigenvalue weighted by Gasteiger charge is -2.13. The van der Waals surface area contributed by atoms with Crippen LogP contribution in [-0.4, -0.2) is 56.3 Å². The van der Waals surface area contributed by atoms with Crippen molar-refractivity contribution in [3.05, 3.63) is 47.0 Å². The lowest BCUT2D eigenvalue weighted by atomic mass is 9.98. The molecule has 0 saturated carbocycles. The number of hydrogen-bond donors (Lipinski definition) is 2. The molecule has 0 saturated heterocycles. The van der Waals surface area contributed by atoms with Crippen molar-refractivity contribution in [1.29, 1.82) is 0 Å². The molecule has 2 aromatic rings. The molecule has 0 aliphatic rings. The highest BCUT2D eigenvalue weighted by molar-refractivity contribution is 6.43. The van der Waals surface area contributed by atoms with Gasteiger partial charge >= 0.3 is 5.97 Å². The van der Waals surface area contributed by atoms with Crippen LogP contribution < -0.4 is 5.32 Å². The average molecular weight is 406 g/mol. The Kier molecular flexibility index (Phi) is 7.63. The second-order valence-electron chi connectivity index (χ2n) is 6.04. The molecule has 2 rings (SSSR count). The zero-order valence-electron chi connectivity index (χ0n) is 16.6. The number of hydrogen-bond acceptors (Lipinski definition) is 6. The summed E-state index contributed by atoms with van der Waals surface area (Å²) in [6.07, 6.45) is -0.719. The van der Waals surface area contributed by atoms with Crippen molar-refractivity contribution < 1.29 is 33.0 Å². The molecule has 156 valence electrons. The van der Waals surface area contributed by atoms with E-state index >= 15 is 0 Å². The van der Waals surface area contributed by atoms with Crippen molar-refractivity contribution in [1.82, 2.24) is 10.3 Å². The second-order valence-corrected chi connectivity index (χ2v) is 6.04. The molecular weight excluding hydrogens is 383 g/mol. The molecule has 9 heteroatoms. The SMILES string of the molecule is CCOC(=O)c1c(C)[nH]c(C(=O)C(=O)NCC(OC)OC)c1-c1ccc(F)cc1. The van der Waals surface area contributed by atoms with Gasteiger partial charge in [0, 0.05) is 25.5 Å². The van der Waals surface area contributed by atoms with Crippen LogP contribution >= 0.6 is 0 Å². The molecule has 0 bridgehead atoms. The Balaban J connectivity index is 2.46. The maximum absolute atomic E-state index is 13.4. The fourth-order valence-corrected chi connectivity index (χ4v) is 2.79.